The van der Waals surface area contributed by atoms with Gasteiger partial charge >= 0.3 is 0 Å². The smallest absolute Gasteiger partial charge is 0.231 e. The van der Waals surface area contributed by atoms with Crippen molar-refractivity contribution < 1.29 is 8.78 Å². The third kappa shape index (κ3) is 2.56. The van der Waals surface area contributed by atoms with Crippen LogP contribution in [0.2, 0.25) is 0 Å². The van der Waals surface area contributed by atoms with Gasteiger partial charge < -0.3 is 0 Å². The highest BCUT2D eigenvalue weighted by Gasteiger charge is 2.22. The van der Waals surface area contributed by atoms with Crippen molar-refractivity contribution in [2.45, 2.75) is 32.5 Å². The fraction of sp³-hybridized carbons (Fsp3) is 0.357. The summed E-state index contributed by atoms with van der Waals surface area (Å²) in [6.07, 6.45) is -1.05. The average molecular weight is 329 g/mol. The third-order valence-corrected chi connectivity index (χ3v) is 3.69. The minimum absolute atomic E-state index is 0.0353. The molecule has 1 heterocycles. The van der Waals surface area contributed by atoms with E-state index in [-0.39, 0.29) is 5.69 Å². The SMILES string of the molecule is Cc1cc(C)c(-n2ncc(CBr)c2C(F)F)c(C)c1. The van der Waals surface area contributed by atoms with Gasteiger partial charge in [-0.25, -0.2) is 13.5 Å². The molecule has 5 heteroatoms. The second-order valence-electron chi connectivity index (χ2n) is 4.65. The van der Waals surface area contributed by atoms with Crippen molar-refractivity contribution in [3.05, 3.63) is 46.3 Å². The molecule has 0 aliphatic carbocycles. The number of aromatic nitrogens is 2. The van der Waals surface area contributed by atoms with Crippen LogP contribution in [0, 0.1) is 20.8 Å². The van der Waals surface area contributed by atoms with Crippen molar-refractivity contribution in [3.8, 4) is 5.69 Å². The lowest BCUT2D eigenvalue weighted by Crippen LogP contribution is -2.08. The molecule has 0 amide bonds. The summed E-state index contributed by atoms with van der Waals surface area (Å²) in [5.41, 5.74) is 4.24. The van der Waals surface area contributed by atoms with Crippen LogP contribution in [0.4, 0.5) is 8.78 Å². The van der Waals surface area contributed by atoms with Crippen LogP contribution in [-0.4, -0.2) is 9.78 Å². The molecule has 0 radical (unpaired) electrons. The number of hydrogen-bond acceptors (Lipinski definition) is 1. The summed E-state index contributed by atoms with van der Waals surface area (Å²) in [5, 5.41) is 4.51. The standard InChI is InChI=1S/C14H15BrF2N2/c1-8-4-9(2)12(10(3)5-8)19-13(14(16)17)11(6-15)7-18-19/h4-5,7,14H,6H2,1-3H3. The summed E-state index contributed by atoms with van der Waals surface area (Å²) in [4.78, 5) is 0. The van der Waals surface area contributed by atoms with Gasteiger partial charge in [0, 0.05) is 10.9 Å². The van der Waals surface area contributed by atoms with E-state index in [1.54, 1.807) is 0 Å². The number of aryl methyl sites for hydroxylation is 3. The van der Waals surface area contributed by atoms with Crippen LogP contribution in [0.5, 0.6) is 0 Å². The third-order valence-electron chi connectivity index (χ3n) is 3.08. The molecule has 0 saturated heterocycles. The molecule has 0 unspecified atom stereocenters. The van der Waals surface area contributed by atoms with Gasteiger partial charge in [-0.2, -0.15) is 5.10 Å². The first-order valence-electron chi connectivity index (χ1n) is 5.94. The molecular weight excluding hydrogens is 314 g/mol. The van der Waals surface area contributed by atoms with Gasteiger partial charge in [-0.05, 0) is 31.9 Å². The second kappa shape index (κ2) is 5.41. The second-order valence-corrected chi connectivity index (χ2v) is 5.21. The number of nitrogens with zero attached hydrogens (tertiary/aromatic N) is 2. The summed E-state index contributed by atoms with van der Waals surface area (Å²) < 4.78 is 27.9. The van der Waals surface area contributed by atoms with Gasteiger partial charge in [0.25, 0.3) is 6.43 Å². The molecule has 1 aromatic carbocycles. The van der Waals surface area contributed by atoms with Gasteiger partial charge in [-0.3, -0.25) is 0 Å². The highest BCUT2D eigenvalue weighted by molar-refractivity contribution is 9.08. The molecule has 0 aliphatic heterocycles. The summed E-state index contributed by atoms with van der Waals surface area (Å²) >= 11 is 3.22. The zero-order valence-electron chi connectivity index (χ0n) is 11.0. The Kier molecular flexibility index (Phi) is 4.04. The van der Waals surface area contributed by atoms with E-state index in [2.05, 4.69) is 21.0 Å². The molecule has 0 aliphatic rings. The average Bonchev–Trinajstić information content (AvgIpc) is 2.71. The Morgan fingerprint density at radius 2 is 1.79 bits per heavy atom. The Morgan fingerprint density at radius 1 is 1.21 bits per heavy atom. The van der Waals surface area contributed by atoms with Crippen LogP contribution in [0.25, 0.3) is 5.69 Å². The topological polar surface area (TPSA) is 17.8 Å². The summed E-state index contributed by atoms with van der Waals surface area (Å²) in [6.45, 7) is 5.82. The van der Waals surface area contributed by atoms with E-state index in [1.165, 1.54) is 10.9 Å². The van der Waals surface area contributed by atoms with Gasteiger partial charge in [-0.1, -0.05) is 33.6 Å². The van der Waals surface area contributed by atoms with E-state index < -0.39 is 6.43 Å². The Morgan fingerprint density at radius 3 is 2.26 bits per heavy atom. The van der Waals surface area contributed by atoms with Crippen LogP contribution in [0.3, 0.4) is 0 Å². The fourth-order valence-electron chi connectivity index (χ4n) is 2.41. The first kappa shape index (κ1) is 14.2. The van der Waals surface area contributed by atoms with Crippen LogP contribution in [0.1, 0.15) is 34.4 Å². The molecule has 19 heavy (non-hydrogen) atoms. The molecule has 2 aromatic rings. The normalized spacial score (nSPS) is 11.3. The molecule has 102 valence electrons. The minimum Gasteiger partial charge on any atom is -0.231 e. The minimum atomic E-state index is -2.55. The Labute approximate surface area is 119 Å². The van der Waals surface area contributed by atoms with Gasteiger partial charge in [0.15, 0.2) is 0 Å². The summed E-state index contributed by atoms with van der Waals surface area (Å²) in [6, 6.07) is 3.96. The van der Waals surface area contributed by atoms with Gasteiger partial charge in [0.1, 0.15) is 5.69 Å². The van der Waals surface area contributed by atoms with Crippen molar-refractivity contribution in [2.24, 2.45) is 0 Å². The van der Waals surface area contributed by atoms with Crippen molar-refractivity contribution in [3.63, 3.8) is 0 Å². The predicted octanol–water partition coefficient (Wildman–Crippen LogP) is 4.63. The predicted molar refractivity (Wildman–Crippen MR) is 75.4 cm³/mol. The van der Waals surface area contributed by atoms with E-state index >= 15 is 0 Å². The molecule has 1 aromatic heterocycles. The van der Waals surface area contributed by atoms with Crippen LogP contribution >= 0.6 is 15.9 Å². The van der Waals surface area contributed by atoms with E-state index in [4.69, 9.17) is 0 Å². The molecule has 0 spiro atoms. The van der Waals surface area contributed by atoms with Crippen LogP contribution in [-0.2, 0) is 5.33 Å². The largest absolute Gasteiger partial charge is 0.280 e. The highest BCUT2D eigenvalue weighted by Crippen LogP contribution is 2.30. The molecule has 0 atom stereocenters. The van der Waals surface area contributed by atoms with Gasteiger partial charge in [-0.15, -0.1) is 0 Å². The van der Waals surface area contributed by atoms with E-state index in [9.17, 15) is 8.78 Å². The highest BCUT2D eigenvalue weighted by atomic mass is 79.9. The number of benzene rings is 1. The maximum Gasteiger partial charge on any atom is 0.280 e. The van der Waals surface area contributed by atoms with Crippen LogP contribution in [0.15, 0.2) is 18.3 Å². The summed E-state index contributed by atoms with van der Waals surface area (Å²) in [7, 11) is 0. The van der Waals surface area contributed by atoms with Crippen LogP contribution < -0.4 is 0 Å². The number of halogens is 3. The van der Waals surface area contributed by atoms with Crippen molar-refractivity contribution in [2.75, 3.05) is 0 Å². The number of rotatable bonds is 3. The quantitative estimate of drug-likeness (QED) is 0.751. The molecule has 0 bridgehead atoms. The van der Waals surface area contributed by atoms with E-state index in [1.807, 2.05) is 32.9 Å². The lowest BCUT2D eigenvalue weighted by Gasteiger charge is -2.14. The molecule has 0 fully saturated rings. The van der Waals surface area contributed by atoms with Gasteiger partial charge in [0.05, 0.1) is 11.9 Å². The number of alkyl halides is 3. The zero-order valence-corrected chi connectivity index (χ0v) is 12.6. The Bertz CT molecular complexity index is 582. The van der Waals surface area contributed by atoms with Crippen molar-refractivity contribution >= 4 is 15.9 Å². The first-order valence-corrected chi connectivity index (χ1v) is 7.07. The molecule has 2 nitrogen and oxygen atoms in total. The lowest BCUT2D eigenvalue weighted by molar-refractivity contribution is 0.142. The first-order chi connectivity index (χ1) is 8.95. The maximum atomic E-state index is 13.3. The number of hydrogen-bond donors (Lipinski definition) is 0. The zero-order chi connectivity index (χ0) is 14.2. The monoisotopic (exact) mass is 328 g/mol. The fourth-order valence-corrected chi connectivity index (χ4v) is 2.84. The molecule has 0 saturated carbocycles. The molecule has 2 rings (SSSR count). The maximum absolute atomic E-state index is 13.3. The van der Waals surface area contributed by atoms with E-state index in [0.29, 0.717) is 10.9 Å². The summed E-state index contributed by atoms with van der Waals surface area (Å²) in [5.74, 6) is 0. The Balaban J connectivity index is 2.69. The van der Waals surface area contributed by atoms with Crippen molar-refractivity contribution in [1.82, 2.24) is 9.78 Å². The van der Waals surface area contributed by atoms with Gasteiger partial charge in [0.2, 0.25) is 0 Å². The van der Waals surface area contributed by atoms with Crippen molar-refractivity contribution in [1.29, 1.82) is 0 Å². The molecular formula is C14H15BrF2N2. The Hall–Kier alpha value is -1.23. The van der Waals surface area contributed by atoms with E-state index in [0.717, 1.165) is 22.4 Å². The lowest BCUT2D eigenvalue weighted by atomic mass is 10.0. The molecule has 0 N–H and O–H groups in total.